The van der Waals surface area contributed by atoms with Crippen LogP contribution in [-0.2, 0) is 0 Å². The minimum atomic E-state index is -0.982. The molecule has 0 heterocycles. The first-order valence-electron chi connectivity index (χ1n) is 6.56. The molecule has 1 aliphatic carbocycles. The lowest BCUT2D eigenvalue weighted by molar-refractivity contribution is 0.184. The zero-order valence-electron chi connectivity index (χ0n) is 10.9. The predicted molar refractivity (Wildman–Crippen MR) is 79.7 cm³/mol. The minimum absolute atomic E-state index is 0.0735. The van der Waals surface area contributed by atoms with Gasteiger partial charge in [-0.3, -0.25) is 0 Å². The maximum absolute atomic E-state index is 10.8. The van der Waals surface area contributed by atoms with Gasteiger partial charge in [-0.1, -0.05) is 12.8 Å². The summed E-state index contributed by atoms with van der Waals surface area (Å²) in [5.41, 5.74) is 1.47. The van der Waals surface area contributed by atoms with E-state index >= 15 is 0 Å². The van der Waals surface area contributed by atoms with Crippen LogP contribution in [0, 0.1) is 11.3 Å². The predicted octanol–water partition coefficient (Wildman–Crippen LogP) is 3.31. The lowest BCUT2D eigenvalue weighted by Gasteiger charge is -2.32. The molecular formula is C14H16BrN3O2. The second-order valence-corrected chi connectivity index (χ2v) is 5.75. The Labute approximate surface area is 126 Å². The van der Waals surface area contributed by atoms with E-state index in [0.717, 1.165) is 35.8 Å². The summed E-state index contributed by atoms with van der Waals surface area (Å²) in [5, 5.41) is 23.7. The van der Waals surface area contributed by atoms with Gasteiger partial charge in [0.1, 0.15) is 6.07 Å². The summed E-state index contributed by atoms with van der Waals surface area (Å²) < 4.78 is 0.739. The molecule has 0 bridgehead atoms. The van der Waals surface area contributed by atoms with Gasteiger partial charge in [-0.05, 0) is 47.0 Å². The second kappa shape index (κ2) is 6.62. The molecule has 6 heteroatoms. The van der Waals surface area contributed by atoms with Crippen LogP contribution in [0.2, 0.25) is 0 Å². The Balaban J connectivity index is 2.08. The average molecular weight is 338 g/mol. The molecule has 0 radical (unpaired) electrons. The molecule has 0 aliphatic heterocycles. The third-order valence-corrected chi connectivity index (χ3v) is 4.17. The van der Waals surface area contributed by atoms with Crippen molar-refractivity contribution in [2.24, 2.45) is 0 Å². The van der Waals surface area contributed by atoms with E-state index in [4.69, 9.17) is 10.4 Å². The van der Waals surface area contributed by atoms with Crippen LogP contribution in [-0.4, -0.2) is 23.3 Å². The number of rotatable bonds is 3. The van der Waals surface area contributed by atoms with Crippen LogP contribution >= 0.6 is 15.9 Å². The summed E-state index contributed by atoms with van der Waals surface area (Å²) in [6.45, 7) is 0. The molecular weight excluding hydrogens is 322 g/mol. The Kier molecular flexibility index (Phi) is 4.85. The van der Waals surface area contributed by atoms with Crippen molar-refractivity contribution in [2.75, 3.05) is 5.32 Å². The van der Waals surface area contributed by atoms with E-state index in [-0.39, 0.29) is 12.1 Å². The number of nitrogens with one attached hydrogen (secondary N) is 2. The van der Waals surface area contributed by atoms with E-state index in [1.54, 1.807) is 6.07 Å². The van der Waals surface area contributed by atoms with Crippen molar-refractivity contribution < 1.29 is 9.90 Å². The first-order chi connectivity index (χ1) is 9.60. The van der Waals surface area contributed by atoms with Crippen molar-refractivity contribution in [1.82, 2.24) is 5.32 Å². The SMILES string of the molecule is N#Cc1ccc(N[C@@H]2CCCC[C@@H]2NC(=O)O)cc1Br. The maximum atomic E-state index is 10.8. The summed E-state index contributed by atoms with van der Waals surface area (Å²) >= 11 is 3.36. The molecule has 1 fully saturated rings. The fraction of sp³-hybridized carbons (Fsp3) is 0.429. The van der Waals surface area contributed by atoms with E-state index in [1.807, 2.05) is 12.1 Å². The lowest BCUT2D eigenvalue weighted by Crippen LogP contribution is -2.48. The molecule has 1 aromatic carbocycles. The van der Waals surface area contributed by atoms with Gasteiger partial charge in [0.25, 0.3) is 0 Å². The van der Waals surface area contributed by atoms with Crippen LogP contribution in [0.3, 0.4) is 0 Å². The van der Waals surface area contributed by atoms with Gasteiger partial charge in [0, 0.05) is 16.2 Å². The van der Waals surface area contributed by atoms with Crippen molar-refractivity contribution in [1.29, 1.82) is 5.26 Å². The number of carboxylic acid groups (broad SMARTS) is 1. The molecule has 2 rings (SSSR count). The van der Waals surface area contributed by atoms with Crippen molar-refractivity contribution in [3.63, 3.8) is 0 Å². The van der Waals surface area contributed by atoms with Crippen molar-refractivity contribution in [3.05, 3.63) is 28.2 Å². The number of nitriles is 1. The Morgan fingerprint density at radius 1 is 1.35 bits per heavy atom. The topological polar surface area (TPSA) is 85.2 Å². The number of carbonyl (C=O) groups is 1. The quantitative estimate of drug-likeness (QED) is 0.789. The Morgan fingerprint density at radius 2 is 2.05 bits per heavy atom. The monoisotopic (exact) mass is 337 g/mol. The number of nitrogens with zero attached hydrogens (tertiary/aromatic N) is 1. The maximum Gasteiger partial charge on any atom is 0.404 e. The fourth-order valence-corrected chi connectivity index (χ4v) is 3.01. The third-order valence-electron chi connectivity index (χ3n) is 3.52. The van der Waals surface area contributed by atoms with Gasteiger partial charge in [0.2, 0.25) is 0 Å². The van der Waals surface area contributed by atoms with Gasteiger partial charge in [0.15, 0.2) is 0 Å². The molecule has 106 valence electrons. The van der Waals surface area contributed by atoms with Crippen LogP contribution in [0.4, 0.5) is 10.5 Å². The van der Waals surface area contributed by atoms with Crippen LogP contribution < -0.4 is 10.6 Å². The Hall–Kier alpha value is -1.74. The van der Waals surface area contributed by atoms with Gasteiger partial charge in [0.05, 0.1) is 11.6 Å². The first-order valence-corrected chi connectivity index (χ1v) is 7.35. The molecule has 0 saturated heterocycles. The number of hydrogen-bond donors (Lipinski definition) is 3. The van der Waals surface area contributed by atoms with E-state index in [9.17, 15) is 4.79 Å². The van der Waals surface area contributed by atoms with E-state index in [2.05, 4.69) is 32.6 Å². The molecule has 5 nitrogen and oxygen atoms in total. The number of benzene rings is 1. The molecule has 1 aromatic rings. The van der Waals surface area contributed by atoms with E-state index in [1.165, 1.54) is 0 Å². The van der Waals surface area contributed by atoms with Crippen molar-refractivity contribution in [2.45, 2.75) is 37.8 Å². The molecule has 1 saturated carbocycles. The zero-order chi connectivity index (χ0) is 14.5. The molecule has 3 N–H and O–H groups in total. The molecule has 0 aromatic heterocycles. The largest absolute Gasteiger partial charge is 0.465 e. The van der Waals surface area contributed by atoms with Gasteiger partial charge >= 0.3 is 6.09 Å². The molecule has 1 amide bonds. The van der Waals surface area contributed by atoms with Gasteiger partial charge < -0.3 is 15.7 Å². The lowest BCUT2D eigenvalue weighted by atomic mass is 9.90. The Bertz CT molecular complexity index is 542. The molecule has 20 heavy (non-hydrogen) atoms. The summed E-state index contributed by atoms with van der Waals surface area (Å²) in [7, 11) is 0. The van der Waals surface area contributed by atoms with E-state index in [0.29, 0.717) is 5.56 Å². The first kappa shape index (κ1) is 14.7. The number of amides is 1. The fourth-order valence-electron chi connectivity index (χ4n) is 2.54. The number of anilines is 1. The highest BCUT2D eigenvalue weighted by Crippen LogP contribution is 2.25. The molecule has 0 spiro atoms. The molecule has 2 atom stereocenters. The highest BCUT2D eigenvalue weighted by Gasteiger charge is 2.26. The summed E-state index contributed by atoms with van der Waals surface area (Å²) in [4.78, 5) is 10.8. The highest BCUT2D eigenvalue weighted by molar-refractivity contribution is 9.10. The molecule has 1 aliphatic rings. The van der Waals surface area contributed by atoms with Gasteiger partial charge in [-0.15, -0.1) is 0 Å². The van der Waals surface area contributed by atoms with Crippen molar-refractivity contribution in [3.8, 4) is 6.07 Å². The van der Waals surface area contributed by atoms with Crippen LogP contribution in [0.15, 0.2) is 22.7 Å². The smallest absolute Gasteiger partial charge is 0.404 e. The van der Waals surface area contributed by atoms with Crippen LogP contribution in [0.25, 0.3) is 0 Å². The van der Waals surface area contributed by atoms with Crippen molar-refractivity contribution >= 4 is 27.7 Å². The summed E-state index contributed by atoms with van der Waals surface area (Å²) in [5.74, 6) is 0. The highest BCUT2D eigenvalue weighted by atomic mass is 79.9. The average Bonchev–Trinajstić information content (AvgIpc) is 2.41. The number of halogens is 1. The van der Waals surface area contributed by atoms with Gasteiger partial charge in [-0.2, -0.15) is 5.26 Å². The Morgan fingerprint density at radius 3 is 2.65 bits per heavy atom. The van der Waals surface area contributed by atoms with Gasteiger partial charge in [-0.25, -0.2) is 4.79 Å². The normalized spacial score (nSPS) is 21.8. The zero-order valence-corrected chi connectivity index (χ0v) is 12.5. The minimum Gasteiger partial charge on any atom is -0.465 e. The molecule has 0 unspecified atom stereocenters. The summed E-state index contributed by atoms with van der Waals surface area (Å²) in [6, 6.07) is 7.55. The third kappa shape index (κ3) is 3.64. The van der Waals surface area contributed by atoms with Crippen LogP contribution in [0.1, 0.15) is 31.2 Å². The standard InChI is InChI=1S/C14H16BrN3O2/c15-11-7-10(6-5-9(11)8-16)17-12-3-1-2-4-13(12)18-14(19)20/h5-7,12-13,17-18H,1-4H2,(H,19,20)/t12-,13+/m1/s1. The van der Waals surface area contributed by atoms with Crippen LogP contribution in [0.5, 0.6) is 0 Å². The number of hydrogen-bond acceptors (Lipinski definition) is 3. The summed E-state index contributed by atoms with van der Waals surface area (Å²) in [6.07, 6.45) is 2.93. The van der Waals surface area contributed by atoms with E-state index < -0.39 is 6.09 Å². The second-order valence-electron chi connectivity index (χ2n) is 4.90.